The lowest BCUT2D eigenvalue weighted by atomic mass is 10.2. The van der Waals surface area contributed by atoms with Gasteiger partial charge >= 0.3 is 5.97 Å². The van der Waals surface area contributed by atoms with Crippen LogP contribution in [-0.2, 0) is 11.3 Å². The van der Waals surface area contributed by atoms with E-state index in [1.165, 1.54) is 4.68 Å². The average molecular weight is 201 g/mol. The van der Waals surface area contributed by atoms with Crippen LogP contribution in [0, 0.1) is 11.3 Å². The third-order valence-corrected chi connectivity index (χ3v) is 2.05. The van der Waals surface area contributed by atoms with E-state index in [1.807, 2.05) is 6.07 Å². The zero-order valence-corrected chi connectivity index (χ0v) is 7.71. The third-order valence-electron chi connectivity index (χ3n) is 2.05. The number of hydrogen-bond acceptors (Lipinski definition) is 3. The minimum absolute atomic E-state index is 0.234. The highest BCUT2D eigenvalue weighted by molar-refractivity contribution is 5.85. The summed E-state index contributed by atoms with van der Waals surface area (Å²) in [4.78, 5) is 10.6. The Labute approximate surface area is 85.2 Å². The van der Waals surface area contributed by atoms with Crippen molar-refractivity contribution in [1.29, 1.82) is 5.26 Å². The van der Waals surface area contributed by atoms with Crippen LogP contribution in [0.5, 0.6) is 0 Å². The predicted molar refractivity (Wildman–Crippen MR) is 52.1 cm³/mol. The summed E-state index contributed by atoms with van der Waals surface area (Å²) in [6.45, 7) is -0.234. The van der Waals surface area contributed by atoms with Gasteiger partial charge in [-0.1, -0.05) is 12.1 Å². The molecule has 2 aromatic rings. The molecule has 0 amide bonds. The van der Waals surface area contributed by atoms with Crippen LogP contribution in [0.1, 0.15) is 5.69 Å². The number of benzene rings is 1. The van der Waals surface area contributed by atoms with E-state index < -0.39 is 5.97 Å². The summed E-state index contributed by atoms with van der Waals surface area (Å²) in [6, 6.07) is 9.00. The van der Waals surface area contributed by atoms with E-state index in [4.69, 9.17) is 10.4 Å². The summed E-state index contributed by atoms with van der Waals surface area (Å²) in [7, 11) is 0. The Bertz CT molecular complexity index is 566. The van der Waals surface area contributed by atoms with E-state index in [2.05, 4.69) is 5.10 Å². The van der Waals surface area contributed by atoms with Crippen LogP contribution in [0.2, 0.25) is 0 Å². The van der Waals surface area contributed by atoms with Crippen molar-refractivity contribution >= 4 is 16.9 Å². The molecule has 0 bridgehead atoms. The summed E-state index contributed by atoms with van der Waals surface area (Å²) >= 11 is 0. The van der Waals surface area contributed by atoms with E-state index in [9.17, 15) is 4.79 Å². The van der Waals surface area contributed by atoms with E-state index >= 15 is 0 Å². The standard InChI is InChI=1S/C10H7N3O2/c11-5-8-7-3-1-2-4-9(7)13(12-8)6-10(14)15/h1-4H,6H2,(H,14,15). The molecule has 0 aliphatic heterocycles. The number of aliphatic carboxylic acids is 1. The third kappa shape index (κ3) is 1.53. The number of carboxylic acid groups (broad SMARTS) is 1. The van der Waals surface area contributed by atoms with Crippen LogP contribution in [0.3, 0.4) is 0 Å². The first-order valence-corrected chi connectivity index (χ1v) is 4.30. The Morgan fingerprint density at radius 2 is 2.27 bits per heavy atom. The fourth-order valence-electron chi connectivity index (χ4n) is 1.46. The number of aromatic nitrogens is 2. The first kappa shape index (κ1) is 9.21. The lowest BCUT2D eigenvalue weighted by Gasteiger charge is -1.97. The largest absolute Gasteiger partial charge is 0.480 e. The summed E-state index contributed by atoms with van der Waals surface area (Å²) < 4.78 is 1.32. The molecule has 0 aliphatic rings. The molecule has 0 spiro atoms. The van der Waals surface area contributed by atoms with Crippen molar-refractivity contribution in [3.05, 3.63) is 30.0 Å². The van der Waals surface area contributed by atoms with Crippen molar-refractivity contribution in [3.63, 3.8) is 0 Å². The highest BCUT2D eigenvalue weighted by Crippen LogP contribution is 2.17. The molecule has 0 radical (unpaired) electrons. The minimum Gasteiger partial charge on any atom is -0.480 e. The van der Waals surface area contributed by atoms with Gasteiger partial charge in [-0.2, -0.15) is 10.4 Å². The zero-order chi connectivity index (χ0) is 10.8. The molecule has 1 heterocycles. The number of carboxylic acids is 1. The van der Waals surface area contributed by atoms with E-state index in [0.29, 0.717) is 10.9 Å². The van der Waals surface area contributed by atoms with E-state index in [-0.39, 0.29) is 12.2 Å². The second-order valence-electron chi connectivity index (χ2n) is 3.03. The van der Waals surface area contributed by atoms with Gasteiger partial charge in [-0.3, -0.25) is 9.48 Å². The SMILES string of the molecule is N#Cc1nn(CC(=O)O)c2ccccc12. The van der Waals surface area contributed by atoms with Gasteiger partial charge in [-0.05, 0) is 12.1 Å². The molecule has 0 atom stereocenters. The van der Waals surface area contributed by atoms with Crippen molar-refractivity contribution in [1.82, 2.24) is 9.78 Å². The molecule has 0 fully saturated rings. The number of rotatable bonds is 2. The normalized spacial score (nSPS) is 10.1. The molecular formula is C10H7N3O2. The lowest BCUT2D eigenvalue weighted by Crippen LogP contribution is -2.09. The molecule has 1 aromatic carbocycles. The van der Waals surface area contributed by atoms with Crippen molar-refractivity contribution in [2.45, 2.75) is 6.54 Å². The molecule has 2 rings (SSSR count). The Hall–Kier alpha value is -2.35. The maximum atomic E-state index is 10.6. The van der Waals surface area contributed by atoms with Gasteiger partial charge in [-0.25, -0.2) is 0 Å². The molecule has 5 nitrogen and oxygen atoms in total. The Kier molecular flexibility index (Phi) is 2.10. The number of hydrogen-bond donors (Lipinski definition) is 1. The number of carbonyl (C=O) groups is 1. The molecule has 0 unspecified atom stereocenters. The summed E-state index contributed by atoms with van der Waals surface area (Å²) in [5.41, 5.74) is 0.920. The smallest absolute Gasteiger partial charge is 0.325 e. The second-order valence-corrected chi connectivity index (χ2v) is 3.03. The summed E-state index contributed by atoms with van der Waals surface area (Å²) in [5, 5.41) is 22.1. The number of nitrogens with zero attached hydrogens (tertiary/aromatic N) is 3. The topological polar surface area (TPSA) is 78.9 Å². The zero-order valence-electron chi connectivity index (χ0n) is 7.71. The second kappa shape index (κ2) is 3.42. The summed E-state index contributed by atoms with van der Waals surface area (Å²) in [6.07, 6.45) is 0. The maximum Gasteiger partial charge on any atom is 0.325 e. The van der Waals surface area contributed by atoms with Crippen molar-refractivity contribution in [2.24, 2.45) is 0 Å². The number of fused-ring (bicyclic) bond motifs is 1. The fourth-order valence-corrected chi connectivity index (χ4v) is 1.46. The first-order valence-electron chi connectivity index (χ1n) is 4.30. The molecule has 74 valence electrons. The molecule has 0 saturated carbocycles. The molecule has 15 heavy (non-hydrogen) atoms. The quantitative estimate of drug-likeness (QED) is 0.785. The molecule has 5 heteroatoms. The molecule has 1 N–H and O–H groups in total. The Morgan fingerprint density at radius 1 is 1.53 bits per heavy atom. The Morgan fingerprint density at radius 3 is 2.93 bits per heavy atom. The van der Waals surface area contributed by atoms with Crippen molar-refractivity contribution in [3.8, 4) is 6.07 Å². The van der Waals surface area contributed by atoms with Crippen LogP contribution in [-0.4, -0.2) is 20.9 Å². The molecular weight excluding hydrogens is 194 g/mol. The van der Waals surface area contributed by atoms with Gasteiger partial charge in [0.2, 0.25) is 0 Å². The van der Waals surface area contributed by atoms with Crippen LogP contribution < -0.4 is 0 Å². The summed E-state index contributed by atoms with van der Waals surface area (Å²) in [5.74, 6) is -0.979. The van der Waals surface area contributed by atoms with Crippen LogP contribution >= 0.6 is 0 Å². The van der Waals surface area contributed by atoms with Crippen LogP contribution in [0.4, 0.5) is 0 Å². The average Bonchev–Trinajstić information content (AvgIpc) is 2.56. The van der Waals surface area contributed by atoms with E-state index in [1.54, 1.807) is 24.3 Å². The van der Waals surface area contributed by atoms with Gasteiger partial charge in [0.15, 0.2) is 5.69 Å². The van der Waals surface area contributed by atoms with Gasteiger partial charge in [-0.15, -0.1) is 0 Å². The molecule has 0 saturated heterocycles. The predicted octanol–water partition coefficient (Wildman–Crippen LogP) is 0.993. The van der Waals surface area contributed by atoms with Gasteiger partial charge in [0, 0.05) is 5.39 Å². The lowest BCUT2D eigenvalue weighted by molar-refractivity contribution is -0.137. The highest BCUT2D eigenvalue weighted by Gasteiger charge is 2.10. The fraction of sp³-hybridized carbons (Fsp3) is 0.100. The molecule has 1 aromatic heterocycles. The van der Waals surface area contributed by atoms with E-state index in [0.717, 1.165) is 0 Å². The van der Waals surface area contributed by atoms with Gasteiger partial charge in [0.25, 0.3) is 0 Å². The van der Waals surface area contributed by atoms with Crippen LogP contribution in [0.15, 0.2) is 24.3 Å². The van der Waals surface area contributed by atoms with Crippen molar-refractivity contribution < 1.29 is 9.90 Å². The number of para-hydroxylation sites is 1. The minimum atomic E-state index is -0.979. The first-order chi connectivity index (χ1) is 7.22. The van der Waals surface area contributed by atoms with Gasteiger partial charge in [0.1, 0.15) is 12.6 Å². The van der Waals surface area contributed by atoms with Crippen molar-refractivity contribution in [2.75, 3.05) is 0 Å². The monoisotopic (exact) mass is 201 g/mol. The van der Waals surface area contributed by atoms with Gasteiger partial charge in [0.05, 0.1) is 5.52 Å². The molecule has 0 aliphatic carbocycles. The number of nitriles is 1. The van der Waals surface area contributed by atoms with Crippen LogP contribution in [0.25, 0.3) is 10.9 Å². The highest BCUT2D eigenvalue weighted by atomic mass is 16.4. The Balaban J connectivity index is 2.66. The van der Waals surface area contributed by atoms with Gasteiger partial charge < -0.3 is 5.11 Å². The maximum absolute atomic E-state index is 10.6.